The van der Waals surface area contributed by atoms with Crippen LogP contribution in [0.3, 0.4) is 0 Å². The molecule has 0 aliphatic carbocycles. The van der Waals surface area contributed by atoms with Crippen LogP contribution in [0, 0.1) is 0 Å². The fourth-order valence-electron chi connectivity index (χ4n) is 4.78. The zero-order valence-corrected chi connectivity index (χ0v) is 20.8. The number of pyridine rings is 1. The average molecular weight is 476 g/mol. The van der Waals surface area contributed by atoms with Gasteiger partial charge in [-0.25, -0.2) is 0 Å². The van der Waals surface area contributed by atoms with E-state index in [9.17, 15) is 4.79 Å². The zero-order valence-electron chi connectivity index (χ0n) is 20.0. The Morgan fingerprint density at radius 1 is 1.21 bits per heavy atom. The Hall–Kier alpha value is -2.90. The number of unbranched alkanes of at least 4 members (excludes halogenated alkanes) is 1. The van der Waals surface area contributed by atoms with Crippen molar-refractivity contribution in [1.29, 1.82) is 0 Å². The van der Waals surface area contributed by atoms with Gasteiger partial charge in [0.1, 0.15) is 0 Å². The molecule has 1 unspecified atom stereocenters. The smallest absolute Gasteiger partial charge is 0.261 e. The molecule has 0 bridgehead atoms. The molecule has 34 heavy (non-hydrogen) atoms. The first-order valence-electron chi connectivity index (χ1n) is 12.3. The number of carbonyl (C=O) groups is 1. The van der Waals surface area contributed by atoms with Crippen molar-refractivity contribution in [3.63, 3.8) is 0 Å². The second-order valence-electron chi connectivity index (χ2n) is 9.38. The molecule has 6 nitrogen and oxygen atoms in total. The SMILES string of the molecule is CCCCC(Cc1c[nH]c2ccncc12)NC(=O)c1cc2ccc(N3CCN(C)CC3)cc2s1. The number of fused-ring (bicyclic) bond motifs is 2. The molecule has 1 amide bonds. The largest absolute Gasteiger partial charge is 0.369 e. The molecule has 4 heterocycles. The summed E-state index contributed by atoms with van der Waals surface area (Å²) in [6.45, 7) is 6.45. The Kier molecular flexibility index (Phi) is 6.83. The minimum atomic E-state index is 0.0291. The number of piperazine rings is 1. The number of H-pyrrole nitrogens is 1. The summed E-state index contributed by atoms with van der Waals surface area (Å²) in [5, 5.41) is 5.61. The number of thiophene rings is 1. The van der Waals surface area contributed by atoms with E-state index in [1.807, 2.05) is 18.3 Å². The van der Waals surface area contributed by atoms with Crippen molar-refractivity contribution in [3.8, 4) is 0 Å². The van der Waals surface area contributed by atoms with Crippen LogP contribution < -0.4 is 10.2 Å². The molecule has 4 aromatic rings. The number of rotatable bonds is 8. The quantitative estimate of drug-likeness (QED) is 0.374. The predicted octanol–water partition coefficient (Wildman–Crippen LogP) is 5.06. The van der Waals surface area contributed by atoms with E-state index in [0.29, 0.717) is 0 Å². The summed E-state index contributed by atoms with van der Waals surface area (Å²) in [6, 6.07) is 10.7. The number of aromatic nitrogens is 2. The Balaban J connectivity index is 1.31. The van der Waals surface area contributed by atoms with Gasteiger partial charge in [0.05, 0.1) is 4.88 Å². The van der Waals surface area contributed by atoms with Crippen LogP contribution in [0.15, 0.2) is 48.9 Å². The molecule has 7 heteroatoms. The topological polar surface area (TPSA) is 64.3 Å². The molecule has 1 saturated heterocycles. The van der Waals surface area contributed by atoms with Crippen molar-refractivity contribution in [2.45, 2.75) is 38.6 Å². The van der Waals surface area contributed by atoms with E-state index in [2.05, 4.69) is 63.5 Å². The number of likely N-dealkylation sites (N-methyl/N-ethyl adjacent to an activating group) is 1. The molecule has 178 valence electrons. The molecule has 1 aromatic carbocycles. The molecular formula is C27H33N5OS. The van der Waals surface area contributed by atoms with Crippen molar-refractivity contribution in [2.75, 3.05) is 38.1 Å². The highest BCUT2D eigenvalue weighted by Gasteiger charge is 2.19. The van der Waals surface area contributed by atoms with Gasteiger partial charge in [0, 0.05) is 72.1 Å². The van der Waals surface area contributed by atoms with Crippen LogP contribution in [0.25, 0.3) is 21.0 Å². The van der Waals surface area contributed by atoms with Gasteiger partial charge < -0.3 is 20.1 Å². The molecule has 0 saturated carbocycles. The van der Waals surface area contributed by atoms with E-state index < -0.39 is 0 Å². The lowest BCUT2D eigenvalue weighted by Crippen LogP contribution is -2.44. The molecule has 1 fully saturated rings. The summed E-state index contributed by atoms with van der Waals surface area (Å²) >= 11 is 1.60. The van der Waals surface area contributed by atoms with Crippen LogP contribution in [-0.2, 0) is 6.42 Å². The maximum absolute atomic E-state index is 13.3. The molecule has 3 aromatic heterocycles. The first-order chi connectivity index (χ1) is 16.6. The fraction of sp³-hybridized carbons (Fsp3) is 0.407. The lowest BCUT2D eigenvalue weighted by Gasteiger charge is -2.34. The number of aromatic amines is 1. The number of nitrogens with zero attached hydrogens (tertiary/aromatic N) is 3. The number of anilines is 1. The van der Waals surface area contributed by atoms with Crippen molar-refractivity contribution in [1.82, 2.24) is 20.2 Å². The van der Waals surface area contributed by atoms with Gasteiger partial charge in [0.2, 0.25) is 0 Å². The Morgan fingerprint density at radius 2 is 2.06 bits per heavy atom. The number of hydrogen-bond donors (Lipinski definition) is 2. The Morgan fingerprint density at radius 3 is 2.88 bits per heavy atom. The van der Waals surface area contributed by atoms with Gasteiger partial charge in [-0.2, -0.15) is 0 Å². The van der Waals surface area contributed by atoms with Gasteiger partial charge in [-0.05, 0) is 55.1 Å². The Labute approximate surface area is 205 Å². The molecular weight excluding hydrogens is 442 g/mol. The lowest BCUT2D eigenvalue weighted by molar-refractivity contribution is 0.0938. The number of amides is 1. The fourth-order valence-corrected chi connectivity index (χ4v) is 5.78. The highest BCUT2D eigenvalue weighted by atomic mass is 32.1. The van der Waals surface area contributed by atoms with Crippen molar-refractivity contribution in [3.05, 3.63) is 59.4 Å². The molecule has 1 aliphatic rings. The first kappa shape index (κ1) is 22.9. The van der Waals surface area contributed by atoms with E-state index in [-0.39, 0.29) is 11.9 Å². The number of benzene rings is 1. The molecule has 2 N–H and O–H groups in total. The number of carbonyl (C=O) groups excluding carboxylic acids is 1. The van der Waals surface area contributed by atoms with E-state index in [0.717, 1.165) is 73.0 Å². The third-order valence-corrected chi connectivity index (χ3v) is 7.97. The van der Waals surface area contributed by atoms with Crippen LogP contribution in [0.2, 0.25) is 0 Å². The van der Waals surface area contributed by atoms with Gasteiger partial charge in [-0.3, -0.25) is 9.78 Å². The Bertz CT molecular complexity index is 1270. The van der Waals surface area contributed by atoms with Crippen LogP contribution >= 0.6 is 11.3 Å². The number of hydrogen-bond acceptors (Lipinski definition) is 5. The van der Waals surface area contributed by atoms with Gasteiger partial charge in [0.25, 0.3) is 5.91 Å². The summed E-state index contributed by atoms with van der Waals surface area (Å²) in [5.41, 5.74) is 3.55. The lowest BCUT2D eigenvalue weighted by atomic mass is 10.0. The first-order valence-corrected chi connectivity index (χ1v) is 13.1. The predicted molar refractivity (Wildman–Crippen MR) is 142 cm³/mol. The molecule has 1 atom stereocenters. The van der Waals surface area contributed by atoms with E-state index >= 15 is 0 Å². The second kappa shape index (κ2) is 10.2. The van der Waals surface area contributed by atoms with Gasteiger partial charge in [0.15, 0.2) is 0 Å². The van der Waals surface area contributed by atoms with Crippen LogP contribution in [0.1, 0.15) is 41.4 Å². The maximum Gasteiger partial charge on any atom is 0.261 e. The molecule has 1 aliphatic heterocycles. The highest BCUT2D eigenvalue weighted by Crippen LogP contribution is 2.30. The monoisotopic (exact) mass is 475 g/mol. The van der Waals surface area contributed by atoms with Gasteiger partial charge in [-0.1, -0.05) is 25.8 Å². The molecule has 5 rings (SSSR count). The minimum absolute atomic E-state index is 0.0291. The van der Waals surface area contributed by atoms with Crippen molar-refractivity contribution in [2.24, 2.45) is 0 Å². The second-order valence-corrected chi connectivity index (χ2v) is 10.5. The highest BCUT2D eigenvalue weighted by molar-refractivity contribution is 7.20. The molecule has 0 radical (unpaired) electrons. The minimum Gasteiger partial charge on any atom is -0.369 e. The van der Waals surface area contributed by atoms with Gasteiger partial charge >= 0.3 is 0 Å². The normalized spacial score (nSPS) is 15.8. The maximum atomic E-state index is 13.3. The third-order valence-electron chi connectivity index (χ3n) is 6.87. The average Bonchev–Trinajstić information content (AvgIpc) is 3.47. The summed E-state index contributed by atoms with van der Waals surface area (Å²) in [6.07, 6.45) is 9.73. The van der Waals surface area contributed by atoms with E-state index in [4.69, 9.17) is 0 Å². The molecule has 0 spiro atoms. The number of nitrogens with one attached hydrogen (secondary N) is 2. The van der Waals surface area contributed by atoms with Crippen LogP contribution in [0.5, 0.6) is 0 Å². The summed E-state index contributed by atoms with van der Waals surface area (Å²) in [7, 11) is 2.17. The van der Waals surface area contributed by atoms with Crippen LogP contribution in [0.4, 0.5) is 5.69 Å². The summed E-state index contributed by atoms with van der Waals surface area (Å²) in [5.74, 6) is 0.0291. The summed E-state index contributed by atoms with van der Waals surface area (Å²) < 4.78 is 1.18. The van der Waals surface area contributed by atoms with Gasteiger partial charge in [-0.15, -0.1) is 11.3 Å². The third kappa shape index (κ3) is 4.95. The van der Waals surface area contributed by atoms with Crippen LogP contribution in [-0.4, -0.2) is 60.0 Å². The van der Waals surface area contributed by atoms with E-state index in [1.54, 1.807) is 17.5 Å². The van der Waals surface area contributed by atoms with E-state index in [1.165, 1.54) is 16.0 Å². The summed E-state index contributed by atoms with van der Waals surface area (Å²) in [4.78, 5) is 26.5. The zero-order chi connectivity index (χ0) is 23.5. The van der Waals surface area contributed by atoms with Crippen molar-refractivity contribution < 1.29 is 4.79 Å². The standard InChI is InChI=1S/C27H33N5OS/c1-3-4-5-21(14-20-17-29-24-8-9-28-18-23(20)24)30-27(33)26-15-19-6-7-22(16-25(19)34-26)32-12-10-31(2)11-13-32/h6-9,15-18,21,29H,3-5,10-14H2,1-2H3,(H,30,33). The van der Waals surface area contributed by atoms with Crippen molar-refractivity contribution >= 4 is 43.9 Å².